The van der Waals surface area contributed by atoms with Gasteiger partial charge in [0, 0.05) is 16.7 Å². The predicted molar refractivity (Wildman–Crippen MR) is 93.6 cm³/mol. The number of benzene rings is 1. The standard InChI is InChI=1S/C17H16FN5O2S/c1-11-6-16(23-17(21-11)19-10-20-23)25-13-7-22(8-13)15(24)9-26-14-4-2-12(18)3-5-14/h2-6,10,13H,7-9H2,1H3. The van der Waals surface area contributed by atoms with E-state index in [-0.39, 0.29) is 17.8 Å². The van der Waals surface area contributed by atoms with Gasteiger partial charge in [-0.15, -0.1) is 11.8 Å². The van der Waals surface area contributed by atoms with Gasteiger partial charge in [0.1, 0.15) is 18.2 Å². The maximum Gasteiger partial charge on any atom is 0.255 e. The number of ether oxygens (including phenoxy) is 1. The molecule has 0 unspecified atom stereocenters. The Hall–Kier alpha value is -2.68. The molecular formula is C17H16FN5O2S. The highest BCUT2D eigenvalue weighted by Crippen LogP contribution is 2.22. The summed E-state index contributed by atoms with van der Waals surface area (Å²) in [5, 5.41) is 4.10. The molecule has 1 aliphatic heterocycles. The lowest BCUT2D eigenvalue weighted by Crippen LogP contribution is -2.56. The van der Waals surface area contributed by atoms with Crippen molar-refractivity contribution in [2.75, 3.05) is 18.8 Å². The average Bonchev–Trinajstić information content (AvgIpc) is 3.05. The molecule has 0 saturated carbocycles. The fraction of sp³-hybridized carbons (Fsp3) is 0.294. The fourth-order valence-corrected chi connectivity index (χ4v) is 3.44. The van der Waals surface area contributed by atoms with Gasteiger partial charge in [-0.05, 0) is 31.2 Å². The molecule has 0 bridgehead atoms. The van der Waals surface area contributed by atoms with Gasteiger partial charge in [-0.3, -0.25) is 4.79 Å². The van der Waals surface area contributed by atoms with E-state index in [1.807, 2.05) is 6.92 Å². The Morgan fingerprint density at radius 2 is 2.12 bits per heavy atom. The van der Waals surface area contributed by atoms with Crippen LogP contribution < -0.4 is 4.74 Å². The van der Waals surface area contributed by atoms with E-state index >= 15 is 0 Å². The molecule has 0 atom stereocenters. The topological polar surface area (TPSA) is 72.6 Å². The van der Waals surface area contributed by atoms with Gasteiger partial charge in [0.25, 0.3) is 5.78 Å². The molecule has 3 aromatic rings. The van der Waals surface area contributed by atoms with Crippen molar-refractivity contribution >= 4 is 23.4 Å². The Kier molecular flexibility index (Phi) is 4.46. The number of carbonyl (C=O) groups excluding carboxylic acids is 1. The zero-order valence-corrected chi connectivity index (χ0v) is 14.8. The van der Waals surface area contributed by atoms with Crippen molar-refractivity contribution in [1.29, 1.82) is 0 Å². The van der Waals surface area contributed by atoms with E-state index in [2.05, 4.69) is 15.1 Å². The molecule has 0 N–H and O–H groups in total. The lowest BCUT2D eigenvalue weighted by molar-refractivity contribution is -0.137. The molecule has 7 nitrogen and oxygen atoms in total. The first-order valence-corrected chi connectivity index (χ1v) is 9.07. The number of rotatable bonds is 5. The van der Waals surface area contributed by atoms with Crippen LogP contribution in [-0.4, -0.2) is 55.3 Å². The van der Waals surface area contributed by atoms with E-state index in [4.69, 9.17) is 4.74 Å². The van der Waals surface area contributed by atoms with Crippen molar-refractivity contribution in [1.82, 2.24) is 24.5 Å². The highest BCUT2D eigenvalue weighted by molar-refractivity contribution is 8.00. The number of aryl methyl sites for hydroxylation is 1. The zero-order valence-electron chi connectivity index (χ0n) is 14.0. The molecule has 2 aromatic heterocycles. The molecule has 1 amide bonds. The fourth-order valence-electron chi connectivity index (χ4n) is 2.64. The summed E-state index contributed by atoms with van der Waals surface area (Å²) in [4.78, 5) is 23.2. The molecular weight excluding hydrogens is 357 g/mol. The molecule has 26 heavy (non-hydrogen) atoms. The van der Waals surface area contributed by atoms with Crippen LogP contribution in [-0.2, 0) is 4.79 Å². The van der Waals surface area contributed by atoms with Crippen LogP contribution in [0.2, 0.25) is 0 Å². The first kappa shape index (κ1) is 16.8. The summed E-state index contributed by atoms with van der Waals surface area (Å²) in [7, 11) is 0. The van der Waals surface area contributed by atoms with E-state index in [9.17, 15) is 9.18 Å². The van der Waals surface area contributed by atoms with Gasteiger partial charge >= 0.3 is 0 Å². The van der Waals surface area contributed by atoms with Gasteiger partial charge in [0.2, 0.25) is 11.8 Å². The van der Waals surface area contributed by atoms with Crippen molar-refractivity contribution in [2.45, 2.75) is 17.9 Å². The highest BCUT2D eigenvalue weighted by Gasteiger charge is 2.32. The molecule has 3 heterocycles. The number of fused-ring (bicyclic) bond motifs is 1. The van der Waals surface area contributed by atoms with Crippen LogP contribution in [0.15, 0.2) is 41.6 Å². The molecule has 1 aliphatic rings. The van der Waals surface area contributed by atoms with Gasteiger partial charge in [-0.25, -0.2) is 9.37 Å². The maximum absolute atomic E-state index is 12.9. The van der Waals surface area contributed by atoms with E-state index in [0.29, 0.717) is 30.5 Å². The van der Waals surface area contributed by atoms with E-state index in [1.165, 1.54) is 30.2 Å². The summed E-state index contributed by atoms with van der Waals surface area (Å²) in [6.45, 7) is 2.92. The van der Waals surface area contributed by atoms with E-state index < -0.39 is 0 Å². The SMILES string of the molecule is Cc1cc(OC2CN(C(=O)CSc3ccc(F)cc3)C2)n2ncnc2n1. The first-order valence-electron chi connectivity index (χ1n) is 8.08. The zero-order chi connectivity index (χ0) is 18.1. The minimum atomic E-state index is -0.281. The summed E-state index contributed by atoms with van der Waals surface area (Å²) < 4.78 is 20.4. The van der Waals surface area contributed by atoms with Gasteiger partial charge in [0.15, 0.2) is 0 Å². The predicted octanol–water partition coefficient (Wildman–Crippen LogP) is 1.95. The summed E-state index contributed by atoms with van der Waals surface area (Å²) in [5.41, 5.74) is 0.795. The molecule has 0 aliphatic carbocycles. The number of thioether (sulfide) groups is 1. The largest absolute Gasteiger partial charge is 0.470 e. The Morgan fingerprint density at radius 3 is 2.88 bits per heavy atom. The lowest BCUT2D eigenvalue weighted by Gasteiger charge is -2.38. The molecule has 9 heteroatoms. The number of nitrogens with zero attached hydrogens (tertiary/aromatic N) is 5. The third kappa shape index (κ3) is 3.48. The molecule has 134 valence electrons. The van der Waals surface area contributed by atoms with Gasteiger partial charge < -0.3 is 9.64 Å². The average molecular weight is 373 g/mol. The summed E-state index contributed by atoms with van der Waals surface area (Å²) >= 11 is 1.40. The van der Waals surface area contributed by atoms with Crippen molar-refractivity contribution in [3.8, 4) is 5.88 Å². The maximum atomic E-state index is 12.9. The van der Waals surface area contributed by atoms with Crippen LogP contribution >= 0.6 is 11.8 Å². The number of hydrogen-bond acceptors (Lipinski definition) is 6. The summed E-state index contributed by atoms with van der Waals surface area (Å²) in [6, 6.07) is 7.93. The third-order valence-electron chi connectivity index (χ3n) is 4.01. The van der Waals surface area contributed by atoms with Crippen LogP contribution in [0, 0.1) is 12.7 Å². The van der Waals surface area contributed by atoms with Crippen molar-refractivity contribution in [2.24, 2.45) is 0 Å². The van der Waals surface area contributed by atoms with Crippen LogP contribution in [0.5, 0.6) is 5.88 Å². The van der Waals surface area contributed by atoms with Gasteiger partial charge in [-0.2, -0.15) is 14.6 Å². The molecule has 1 fully saturated rings. The first-order chi connectivity index (χ1) is 12.6. The van der Waals surface area contributed by atoms with Gasteiger partial charge in [-0.1, -0.05) is 0 Å². The number of carbonyl (C=O) groups is 1. The smallest absolute Gasteiger partial charge is 0.255 e. The Labute approximate surface area is 153 Å². The molecule has 0 spiro atoms. The second-order valence-electron chi connectivity index (χ2n) is 5.99. The highest BCUT2D eigenvalue weighted by atomic mass is 32.2. The molecule has 1 aromatic carbocycles. The number of aromatic nitrogens is 4. The van der Waals surface area contributed by atoms with E-state index in [1.54, 1.807) is 27.6 Å². The summed E-state index contributed by atoms with van der Waals surface area (Å²) in [5.74, 6) is 1.14. The second kappa shape index (κ2) is 6.91. The van der Waals surface area contributed by atoms with Gasteiger partial charge in [0.05, 0.1) is 18.8 Å². The minimum absolute atomic E-state index is 0.0380. The Morgan fingerprint density at radius 1 is 1.35 bits per heavy atom. The number of halogens is 1. The molecule has 1 saturated heterocycles. The Balaban J connectivity index is 1.30. The van der Waals surface area contributed by atoms with Crippen LogP contribution in [0.4, 0.5) is 4.39 Å². The van der Waals surface area contributed by atoms with Crippen LogP contribution in [0.1, 0.15) is 5.69 Å². The number of likely N-dealkylation sites (tertiary alicyclic amines) is 1. The quantitative estimate of drug-likeness (QED) is 0.637. The van der Waals surface area contributed by atoms with Crippen molar-refractivity contribution in [3.63, 3.8) is 0 Å². The molecule has 0 radical (unpaired) electrons. The minimum Gasteiger partial charge on any atom is -0.470 e. The molecule has 4 rings (SSSR count). The van der Waals surface area contributed by atoms with Crippen LogP contribution in [0.3, 0.4) is 0 Å². The van der Waals surface area contributed by atoms with E-state index in [0.717, 1.165) is 10.6 Å². The monoisotopic (exact) mass is 373 g/mol. The summed E-state index contributed by atoms with van der Waals surface area (Å²) in [6.07, 6.45) is 1.35. The normalized spacial score (nSPS) is 14.5. The van der Waals surface area contributed by atoms with Crippen molar-refractivity contribution < 1.29 is 13.9 Å². The second-order valence-corrected chi connectivity index (χ2v) is 7.04. The lowest BCUT2D eigenvalue weighted by atomic mass is 10.2. The number of hydrogen-bond donors (Lipinski definition) is 0. The Bertz CT molecular complexity index is 940. The van der Waals surface area contributed by atoms with Crippen molar-refractivity contribution in [3.05, 3.63) is 48.2 Å². The third-order valence-corrected chi connectivity index (χ3v) is 5.01. The van der Waals surface area contributed by atoms with Crippen LogP contribution in [0.25, 0.3) is 5.78 Å². The number of amides is 1.